The fourth-order valence-corrected chi connectivity index (χ4v) is 3.79. The number of hydrogen-bond acceptors (Lipinski definition) is 7. The fourth-order valence-electron chi connectivity index (χ4n) is 3.79. The van der Waals surface area contributed by atoms with E-state index in [1.165, 1.54) is 6.08 Å². The molecule has 0 saturated carbocycles. The normalized spacial score (nSPS) is 10.6. The first-order valence-corrected chi connectivity index (χ1v) is 13.7. The second-order valence-corrected chi connectivity index (χ2v) is 9.57. The van der Waals surface area contributed by atoms with Gasteiger partial charge < -0.3 is 24.8 Å². The second kappa shape index (κ2) is 17.5. The standard InChI is InChI=1S/C26H28N4O4.C6H14O/c1-17-22(16-25(32)33)26(30(2)3)29-23(27-17)15-19-5-10-20(11-6-19)28-24(31)14-9-18-7-12-21(34-4)13-8-18;1-3-5-7-6-4-2/h5-14H,15-16H2,1-4H3,(H,28,31)(H,32,33);3-6H2,1-2H3/b14-9+;. The van der Waals surface area contributed by atoms with Crippen LogP contribution in [0.2, 0.25) is 0 Å². The van der Waals surface area contributed by atoms with Crippen molar-refractivity contribution in [2.24, 2.45) is 0 Å². The third-order valence-corrected chi connectivity index (χ3v) is 5.81. The van der Waals surface area contributed by atoms with Crippen LogP contribution in [0, 0.1) is 6.92 Å². The Morgan fingerprint density at radius 1 is 0.976 bits per heavy atom. The average Bonchev–Trinajstić information content (AvgIpc) is 2.95. The lowest BCUT2D eigenvalue weighted by Crippen LogP contribution is -2.18. The fraction of sp³-hybridized carbons (Fsp3) is 0.375. The predicted molar refractivity (Wildman–Crippen MR) is 164 cm³/mol. The highest BCUT2D eigenvalue weighted by Gasteiger charge is 2.16. The largest absolute Gasteiger partial charge is 0.497 e. The second-order valence-electron chi connectivity index (χ2n) is 9.57. The van der Waals surface area contributed by atoms with Crippen molar-refractivity contribution in [2.75, 3.05) is 44.6 Å². The van der Waals surface area contributed by atoms with Gasteiger partial charge in [0, 0.05) is 56.8 Å². The molecule has 0 aliphatic rings. The van der Waals surface area contributed by atoms with Gasteiger partial charge in [0.1, 0.15) is 17.4 Å². The van der Waals surface area contributed by atoms with Crippen molar-refractivity contribution in [1.82, 2.24) is 9.97 Å². The smallest absolute Gasteiger partial charge is 0.308 e. The molecular formula is C32H42N4O5. The van der Waals surface area contributed by atoms with Gasteiger partial charge in [0.2, 0.25) is 5.91 Å². The Labute approximate surface area is 243 Å². The molecule has 1 heterocycles. The zero-order valence-corrected chi connectivity index (χ0v) is 24.9. The van der Waals surface area contributed by atoms with Crippen LogP contribution in [-0.4, -0.2) is 61.4 Å². The number of benzene rings is 2. The van der Waals surface area contributed by atoms with Crippen LogP contribution in [0.15, 0.2) is 54.6 Å². The summed E-state index contributed by atoms with van der Waals surface area (Å²) in [6.45, 7) is 7.89. The number of ether oxygens (including phenoxy) is 2. The highest BCUT2D eigenvalue weighted by molar-refractivity contribution is 6.01. The van der Waals surface area contributed by atoms with E-state index in [4.69, 9.17) is 9.47 Å². The minimum absolute atomic E-state index is 0.124. The molecule has 41 heavy (non-hydrogen) atoms. The van der Waals surface area contributed by atoms with Gasteiger partial charge in [-0.1, -0.05) is 38.1 Å². The monoisotopic (exact) mass is 562 g/mol. The van der Waals surface area contributed by atoms with Crippen molar-refractivity contribution < 1.29 is 24.2 Å². The average molecular weight is 563 g/mol. The zero-order valence-electron chi connectivity index (χ0n) is 24.9. The third kappa shape index (κ3) is 11.8. The molecular weight excluding hydrogens is 520 g/mol. The molecule has 1 aromatic heterocycles. The summed E-state index contributed by atoms with van der Waals surface area (Å²) in [5.41, 5.74) is 3.82. The first-order valence-electron chi connectivity index (χ1n) is 13.7. The van der Waals surface area contributed by atoms with E-state index in [-0.39, 0.29) is 12.3 Å². The molecule has 0 aliphatic carbocycles. The Kier molecular flexibility index (Phi) is 14.0. The number of carbonyl (C=O) groups is 2. The number of carbonyl (C=O) groups excluding carboxylic acids is 1. The van der Waals surface area contributed by atoms with Crippen LogP contribution < -0.4 is 15.0 Å². The number of aryl methyl sites for hydroxylation is 1. The van der Waals surface area contributed by atoms with Crippen molar-refractivity contribution in [1.29, 1.82) is 0 Å². The topological polar surface area (TPSA) is 114 Å². The van der Waals surface area contributed by atoms with Gasteiger partial charge in [-0.2, -0.15) is 0 Å². The lowest BCUT2D eigenvalue weighted by molar-refractivity contribution is -0.136. The van der Waals surface area contributed by atoms with E-state index < -0.39 is 5.97 Å². The van der Waals surface area contributed by atoms with Crippen molar-refractivity contribution >= 4 is 29.5 Å². The Hall–Kier alpha value is -4.24. The number of amides is 1. The van der Waals surface area contributed by atoms with Gasteiger partial charge in [0.05, 0.1) is 13.5 Å². The van der Waals surface area contributed by atoms with Gasteiger partial charge in [-0.15, -0.1) is 0 Å². The molecule has 0 unspecified atom stereocenters. The summed E-state index contributed by atoms with van der Waals surface area (Å²) in [5, 5.41) is 12.0. The van der Waals surface area contributed by atoms with Gasteiger partial charge in [-0.3, -0.25) is 9.59 Å². The van der Waals surface area contributed by atoms with Gasteiger partial charge in [0.25, 0.3) is 0 Å². The molecule has 0 spiro atoms. The summed E-state index contributed by atoms with van der Waals surface area (Å²) in [4.78, 5) is 34.3. The number of methoxy groups -OCH3 is 1. The van der Waals surface area contributed by atoms with E-state index in [0.717, 1.165) is 42.9 Å². The van der Waals surface area contributed by atoms with Crippen molar-refractivity contribution in [2.45, 2.75) is 46.5 Å². The summed E-state index contributed by atoms with van der Waals surface area (Å²) in [6.07, 6.45) is 5.86. The Balaban J connectivity index is 0.000000745. The summed E-state index contributed by atoms with van der Waals surface area (Å²) in [6, 6.07) is 14.9. The molecule has 1 amide bonds. The lowest BCUT2D eigenvalue weighted by atomic mass is 10.1. The van der Waals surface area contributed by atoms with Gasteiger partial charge >= 0.3 is 5.97 Å². The van der Waals surface area contributed by atoms with Crippen LogP contribution >= 0.6 is 0 Å². The van der Waals surface area contributed by atoms with Crippen molar-refractivity contribution in [3.8, 4) is 5.75 Å². The van der Waals surface area contributed by atoms with Gasteiger partial charge in [-0.05, 0) is 61.2 Å². The number of hydrogen-bond donors (Lipinski definition) is 2. The summed E-state index contributed by atoms with van der Waals surface area (Å²) in [7, 11) is 5.27. The van der Waals surface area contributed by atoms with E-state index in [9.17, 15) is 14.7 Å². The number of aromatic nitrogens is 2. The van der Waals surface area contributed by atoms with Crippen LogP contribution in [0.5, 0.6) is 5.75 Å². The molecule has 3 rings (SSSR count). The molecule has 2 aromatic carbocycles. The maximum absolute atomic E-state index is 12.2. The molecule has 9 heteroatoms. The lowest BCUT2D eigenvalue weighted by Gasteiger charge is -2.18. The highest BCUT2D eigenvalue weighted by Crippen LogP contribution is 2.21. The van der Waals surface area contributed by atoms with E-state index in [2.05, 4.69) is 29.1 Å². The van der Waals surface area contributed by atoms with Crippen molar-refractivity contribution in [3.05, 3.63) is 82.8 Å². The van der Waals surface area contributed by atoms with Gasteiger partial charge in [-0.25, -0.2) is 9.97 Å². The zero-order chi connectivity index (χ0) is 30.2. The molecule has 0 radical (unpaired) electrons. The minimum atomic E-state index is -0.918. The molecule has 2 N–H and O–H groups in total. The van der Waals surface area contributed by atoms with Crippen molar-refractivity contribution in [3.63, 3.8) is 0 Å². The first-order chi connectivity index (χ1) is 19.7. The molecule has 3 aromatic rings. The Morgan fingerprint density at radius 2 is 1.61 bits per heavy atom. The molecule has 0 fully saturated rings. The number of carboxylic acids is 1. The third-order valence-electron chi connectivity index (χ3n) is 5.81. The number of nitrogens with zero attached hydrogens (tertiary/aromatic N) is 3. The number of aliphatic carboxylic acids is 1. The highest BCUT2D eigenvalue weighted by atomic mass is 16.5. The van der Waals surface area contributed by atoms with E-state index >= 15 is 0 Å². The van der Waals surface area contributed by atoms with Crippen LogP contribution in [0.25, 0.3) is 6.08 Å². The van der Waals surface area contributed by atoms with Crippen LogP contribution in [0.3, 0.4) is 0 Å². The Bertz CT molecular complexity index is 1270. The summed E-state index contributed by atoms with van der Waals surface area (Å²) < 4.78 is 10.3. The molecule has 9 nitrogen and oxygen atoms in total. The van der Waals surface area contributed by atoms with E-state index in [0.29, 0.717) is 35.0 Å². The molecule has 0 atom stereocenters. The quantitative estimate of drug-likeness (QED) is 0.206. The number of carboxylic acid groups (broad SMARTS) is 1. The SMILES string of the molecule is CCCOCCC.COc1ccc(/C=C/C(=O)Nc2ccc(Cc3nc(C)c(CC(=O)O)c(N(C)C)n3)cc2)cc1. The van der Waals surface area contributed by atoms with E-state index in [1.807, 2.05) is 62.6 Å². The summed E-state index contributed by atoms with van der Waals surface area (Å²) >= 11 is 0. The maximum atomic E-state index is 12.2. The minimum Gasteiger partial charge on any atom is -0.497 e. The number of rotatable bonds is 13. The van der Waals surface area contributed by atoms with E-state index in [1.54, 1.807) is 25.0 Å². The molecule has 0 aliphatic heterocycles. The van der Waals surface area contributed by atoms with Crippen LogP contribution in [0.1, 0.15) is 54.9 Å². The molecule has 220 valence electrons. The first kappa shape index (κ1) is 33.0. The number of anilines is 2. The van der Waals surface area contributed by atoms with Crippen LogP contribution in [-0.2, 0) is 27.2 Å². The Morgan fingerprint density at radius 3 is 2.15 bits per heavy atom. The molecule has 0 saturated heterocycles. The maximum Gasteiger partial charge on any atom is 0.308 e. The molecule has 0 bridgehead atoms. The van der Waals surface area contributed by atoms with Gasteiger partial charge in [0.15, 0.2) is 0 Å². The van der Waals surface area contributed by atoms with Crippen LogP contribution in [0.4, 0.5) is 11.5 Å². The predicted octanol–water partition coefficient (Wildman–Crippen LogP) is 5.55. The number of nitrogens with one attached hydrogen (secondary N) is 1. The summed E-state index contributed by atoms with van der Waals surface area (Å²) in [5.74, 6) is 0.828.